The van der Waals surface area contributed by atoms with E-state index in [1.807, 2.05) is 47.6 Å². The number of hydrogen-bond donors (Lipinski definition) is 3. The topological polar surface area (TPSA) is 60.7 Å². The van der Waals surface area contributed by atoms with Gasteiger partial charge in [0, 0.05) is 6.07 Å². The van der Waals surface area contributed by atoms with E-state index in [1.165, 1.54) is 6.07 Å². The highest BCUT2D eigenvalue weighted by Gasteiger charge is 1.95. The number of rotatable bonds is 2. The molecule has 0 aliphatic rings. The lowest BCUT2D eigenvalue weighted by molar-refractivity contribution is 0.450. The summed E-state index contributed by atoms with van der Waals surface area (Å²) in [5.74, 6) is 0.267. The van der Waals surface area contributed by atoms with Crippen LogP contribution in [0, 0.1) is 0 Å². The molecule has 0 aliphatic heterocycles. The van der Waals surface area contributed by atoms with Gasteiger partial charge < -0.3 is 15.3 Å². The van der Waals surface area contributed by atoms with Crippen molar-refractivity contribution >= 4 is 12.2 Å². The maximum absolute atomic E-state index is 9.30. The Bertz CT molecular complexity index is 523. The number of aromatic hydroxyl groups is 3. The first-order valence-corrected chi connectivity index (χ1v) is 8.13. The number of phenols is 3. The summed E-state index contributed by atoms with van der Waals surface area (Å²) < 4.78 is 0. The van der Waals surface area contributed by atoms with Gasteiger partial charge in [0.1, 0.15) is 17.2 Å². The molecule has 0 unspecified atom stereocenters. The maximum atomic E-state index is 9.30. The van der Waals surface area contributed by atoms with Crippen LogP contribution in [0.2, 0.25) is 0 Å². The van der Waals surface area contributed by atoms with Crippen molar-refractivity contribution in [3.05, 3.63) is 53.6 Å². The minimum Gasteiger partial charge on any atom is -0.508 e. The molecule has 0 bridgehead atoms. The van der Waals surface area contributed by atoms with E-state index >= 15 is 0 Å². The van der Waals surface area contributed by atoms with Crippen LogP contribution in [0.1, 0.15) is 52.7 Å². The second kappa shape index (κ2) is 14.5. The van der Waals surface area contributed by atoms with Crippen LogP contribution in [0.5, 0.6) is 17.2 Å². The lowest BCUT2D eigenvalue weighted by Crippen LogP contribution is -1.74. The zero-order valence-corrected chi connectivity index (χ0v) is 15.0. The molecule has 0 saturated carbocycles. The zero-order chi connectivity index (χ0) is 18.3. The standard InChI is InChI=1S/C14H12O3.3C2H6/c15-12-5-3-10(4-6-12)1-2-11-7-13(16)9-14(17)8-11;3*1-2/h1-9,15-17H;3*1-2H3/b2-1+;;;. The Hall–Kier alpha value is -2.42. The van der Waals surface area contributed by atoms with Crippen molar-refractivity contribution in [2.75, 3.05) is 0 Å². The Morgan fingerprint density at radius 2 is 0.913 bits per heavy atom. The molecule has 128 valence electrons. The summed E-state index contributed by atoms with van der Waals surface area (Å²) in [6.45, 7) is 12.0. The predicted octanol–water partition coefficient (Wildman–Crippen LogP) is 6.05. The van der Waals surface area contributed by atoms with E-state index < -0.39 is 0 Å². The monoisotopic (exact) mass is 318 g/mol. The Morgan fingerprint density at radius 3 is 1.35 bits per heavy atom. The number of hydrogen-bond acceptors (Lipinski definition) is 3. The molecule has 0 aromatic heterocycles. The third kappa shape index (κ3) is 10.0. The smallest absolute Gasteiger partial charge is 0.119 e. The normalized spacial score (nSPS) is 8.78. The SMILES string of the molecule is CC.CC.CC.Oc1ccc(/C=C/c2cc(O)cc(O)c2)cc1. The number of phenolic OH excluding ortho intramolecular Hbond substituents is 3. The van der Waals surface area contributed by atoms with E-state index in [2.05, 4.69) is 0 Å². The third-order valence-corrected chi connectivity index (χ3v) is 2.29. The molecule has 2 aromatic carbocycles. The first kappa shape index (κ1) is 22.9. The molecule has 3 N–H and O–H groups in total. The van der Waals surface area contributed by atoms with Gasteiger partial charge in [-0.2, -0.15) is 0 Å². The van der Waals surface area contributed by atoms with Crippen molar-refractivity contribution in [3.63, 3.8) is 0 Å². The van der Waals surface area contributed by atoms with Gasteiger partial charge in [-0.3, -0.25) is 0 Å². The van der Waals surface area contributed by atoms with Crippen LogP contribution >= 0.6 is 0 Å². The summed E-state index contributed by atoms with van der Waals surface area (Å²) in [7, 11) is 0. The van der Waals surface area contributed by atoms with E-state index in [-0.39, 0.29) is 17.2 Å². The first-order chi connectivity index (χ1) is 11.1. The molecule has 0 heterocycles. The van der Waals surface area contributed by atoms with E-state index in [0.29, 0.717) is 5.56 Å². The average Bonchev–Trinajstić information content (AvgIpc) is 2.59. The summed E-state index contributed by atoms with van der Waals surface area (Å²) in [6, 6.07) is 11.1. The number of benzene rings is 2. The van der Waals surface area contributed by atoms with Crippen LogP contribution in [0.25, 0.3) is 12.2 Å². The van der Waals surface area contributed by atoms with Crippen molar-refractivity contribution < 1.29 is 15.3 Å². The Labute approximate surface area is 140 Å². The third-order valence-electron chi connectivity index (χ3n) is 2.29. The molecular weight excluding hydrogens is 288 g/mol. The van der Waals surface area contributed by atoms with Crippen LogP contribution < -0.4 is 0 Å². The van der Waals surface area contributed by atoms with Crippen LogP contribution in [0.3, 0.4) is 0 Å². The minimum atomic E-state index is 0.0235. The quantitative estimate of drug-likeness (QED) is 0.590. The van der Waals surface area contributed by atoms with E-state index in [1.54, 1.807) is 42.5 Å². The highest BCUT2D eigenvalue weighted by molar-refractivity contribution is 5.71. The molecule has 0 spiro atoms. The highest BCUT2D eigenvalue weighted by Crippen LogP contribution is 2.22. The minimum absolute atomic E-state index is 0.0235. The molecule has 3 nitrogen and oxygen atoms in total. The Kier molecular flexibility index (Phi) is 14.4. The van der Waals surface area contributed by atoms with E-state index in [4.69, 9.17) is 5.11 Å². The largest absolute Gasteiger partial charge is 0.508 e. The van der Waals surface area contributed by atoms with E-state index in [0.717, 1.165) is 5.56 Å². The van der Waals surface area contributed by atoms with Gasteiger partial charge >= 0.3 is 0 Å². The molecule has 23 heavy (non-hydrogen) atoms. The fraction of sp³-hybridized carbons (Fsp3) is 0.300. The van der Waals surface area contributed by atoms with Gasteiger partial charge in [-0.25, -0.2) is 0 Å². The van der Waals surface area contributed by atoms with Gasteiger partial charge in [-0.1, -0.05) is 65.8 Å². The molecular formula is C20H30O3. The second-order valence-corrected chi connectivity index (χ2v) is 3.71. The maximum Gasteiger partial charge on any atom is 0.119 e. The van der Waals surface area contributed by atoms with Crippen molar-refractivity contribution in [2.45, 2.75) is 41.5 Å². The van der Waals surface area contributed by atoms with Crippen LogP contribution in [0.15, 0.2) is 42.5 Å². The predicted molar refractivity (Wildman–Crippen MR) is 101 cm³/mol. The second-order valence-electron chi connectivity index (χ2n) is 3.71. The van der Waals surface area contributed by atoms with Crippen molar-refractivity contribution in [3.8, 4) is 17.2 Å². The highest BCUT2D eigenvalue weighted by atomic mass is 16.3. The van der Waals surface area contributed by atoms with Crippen molar-refractivity contribution in [1.82, 2.24) is 0 Å². The van der Waals surface area contributed by atoms with Crippen LogP contribution in [0.4, 0.5) is 0 Å². The molecule has 0 atom stereocenters. The fourth-order valence-electron chi connectivity index (χ4n) is 1.49. The fourth-order valence-corrected chi connectivity index (χ4v) is 1.49. The van der Waals surface area contributed by atoms with Crippen molar-refractivity contribution in [2.24, 2.45) is 0 Å². The van der Waals surface area contributed by atoms with Gasteiger partial charge in [0.25, 0.3) is 0 Å². The molecule has 2 aromatic rings. The Balaban J connectivity index is 0. The van der Waals surface area contributed by atoms with Crippen LogP contribution in [-0.4, -0.2) is 15.3 Å². The summed E-state index contributed by atoms with van der Waals surface area (Å²) >= 11 is 0. The molecule has 0 saturated heterocycles. The van der Waals surface area contributed by atoms with Gasteiger partial charge in [-0.15, -0.1) is 0 Å². The molecule has 0 radical (unpaired) electrons. The molecule has 2 rings (SSSR count). The van der Waals surface area contributed by atoms with Crippen molar-refractivity contribution in [1.29, 1.82) is 0 Å². The van der Waals surface area contributed by atoms with Crippen LogP contribution in [-0.2, 0) is 0 Å². The zero-order valence-electron chi connectivity index (χ0n) is 15.0. The summed E-state index contributed by atoms with van der Waals surface area (Å²) in [4.78, 5) is 0. The first-order valence-electron chi connectivity index (χ1n) is 8.13. The molecule has 0 amide bonds. The molecule has 3 heteroatoms. The molecule has 0 fully saturated rings. The van der Waals surface area contributed by atoms with Gasteiger partial charge in [0.2, 0.25) is 0 Å². The summed E-state index contributed by atoms with van der Waals surface area (Å²) in [5, 5.41) is 27.7. The average molecular weight is 318 g/mol. The summed E-state index contributed by atoms with van der Waals surface area (Å²) in [5.41, 5.74) is 1.63. The van der Waals surface area contributed by atoms with E-state index in [9.17, 15) is 10.2 Å². The Morgan fingerprint density at radius 1 is 0.522 bits per heavy atom. The lowest BCUT2D eigenvalue weighted by Gasteiger charge is -1.98. The van der Waals surface area contributed by atoms with Gasteiger partial charge in [0.05, 0.1) is 0 Å². The lowest BCUT2D eigenvalue weighted by atomic mass is 10.1. The summed E-state index contributed by atoms with van der Waals surface area (Å²) in [6.07, 6.45) is 3.60. The van der Waals surface area contributed by atoms with Gasteiger partial charge in [-0.05, 0) is 35.4 Å². The van der Waals surface area contributed by atoms with Gasteiger partial charge in [0.15, 0.2) is 0 Å². The molecule has 0 aliphatic carbocycles.